The number of hydrogen-bond donors (Lipinski definition) is 1. The van der Waals surface area contributed by atoms with E-state index in [0.717, 1.165) is 25.7 Å². The van der Waals surface area contributed by atoms with Gasteiger partial charge in [-0.05, 0) is 104 Å². The molecule has 0 bridgehead atoms. The molecule has 4 saturated carbocycles. The van der Waals surface area contributed by atoms with Crippen molar-refractivity contribution in [2.45, 2.75) is 132 Å². The highest BCUT2D eigenvalue weighted by Crippen LogP contribution is 2.76. The van der Waals surface area contributed by atoms with Crippen LogP contribution in [0.3, 0.4) is 0 Å². The number of ether oxygens (including phenoxy) is 1. The molecule has 35 heavy (non-hydrogen) atoms. The first-order valence-corrected chi connectivity index (χ1v) is 14.6. The van der Waals surface area contributed by atoms with Gasteiger partial charge in [-0.3, -0.25) is 4.79 Å². The summed E-state index contributed by atoms with van der Waals surface area (Å²) in [6.45, 7) is 21.0. The van der Waals surface area contributed by atoms with Gasteiger partial charge in [-0.2, -0.15) is 0 Å². The van der Waals surface area contributed by atoms with Gasteiger partial charge in [-0.15, -0.1) is 0 Å². The van der Waals surface area contributed by atoms with E-state index < -0.39 is 5.60 Å². The monoisotopic (exact) mass is 484 g/mol. The van der Waals surface area contributed by atoms with Crippen molar-refractivity contribution in [1.82, 2.24) is 0 Å². The third kappa shape index (κ3) is 3.21. The lowest BCUT2D eigenvalue weighted by molar-refractivity contribution is -0.218. The predicted molar refractivity (Wildman–Crippen MR) is 142 cm³/mol. The fourth-order valence-corrected chi connectivity index (χ4v) is 11.3. The molecule has 4 fully saturated rings. The van der Waals surface area contributed by atoms with E-state index >= 15 is 0 Å². The van der Waals surface area contributed by atoms with Crippen LogP contribution in [0.15, 0.2) is 11.6 Å². The molecule has 10 unspecified atom stereocenters. The Labute approximate surface area is 214 Å². The van der Waals surface area contributed by atoms with Crippen LogP contribution in [0.5, 0.6) is 0 Å². The van der Waals surface area contributed by atoms with E-state index in [9.17, 15) is 9.90 Å². The van der Waals surface area contributed by atoms with E-state index in [1.165, 1.54) is 32.1 Å². The SMILES string of the molecule is CC(=O)OC1CCC2(C)C(CCC3(C)C2CC=C2C4C(C)(CCC(C)C4(C)O)CCC23C)C1(C)C. The maximum atomic E-state index is 12.0. The lowest BCUT2D eigenvalue weighted by atomic mass is 9.33. The smallest absolute Gasteiger partial charge is 0.302 e. The van der Waals surface area contributed by atoms with Crippen molar-refractivity contribution in [3.8, 4) is 0 Å². The Hall–Kier alpha value is -0.830. The highest BCUT2D eigenvalue weighted by atomic mass is 16.5. The molecule has 0 heterocycles. The van der Waals surface area contributed by atoms with Gasteiger partial charge < -0.3 is 9.84 Å². The zero-order valence-electron chi connectivity index (χ0n) is 24.1. The van der Waals surface area contributed by atoms with Crippen molar-refractivity contribution in [2.75, 3.05) is 0 Å². The summed E-state index contributed by atoms with van der Waals surface area (Å²) in [5, 5.41) is 12.0. The van der Waals surface area contributed by atoms with Crippen LogP contribution < -0.4 is 0 Å². The summed E-state index contributed by atoms with van der Waals surface area (Å²) < 4.78 is 5.89. The van der Waals surface area contributed by atoms with Gasteiger partial charge in [0.1, 0.15) is 6.10 Å². The Bertz CT molecular complexity index is 926. The van der Waals surface area contributed by atoms with Gasteiger partial charge in [-0.25, -0.2) is 0 Å². The minimum Gasteiger partial charge on any atom is -0.462 e. The molecule has 0 amide bonds. The summed E-state index contributed by atoms with van der Waals surface area (Å²) in [4.78, 5) is 11.9. The second-order valence-corrected chi connectivity index (χ2v) is 15.5. The molecule has 3 heteroatoms. The Kier molecular flexibility index (Phi) is 5.61. The van der Waals surface area contributed by atoms with Gasteiger partial charge in [-0.1, -0.05) is 60.1 Å². The molecular weight excluding hydrogens is 432 g/mol. The molecule has 0 aromatic heterocycles. The summed E-state index contributed by atoms with van der Waals surface area (Å²) >= 11 is 0. The van der Waals surface area contributed by atoms with E-state index in [1.807, 2.05) is 0 Å². The van der Waals surface area contributed by atoms with Crippen molar-refractivity contribution in [3.05, 3.63) is 11.6 Å². The zero-order valence-corrected chi connectivity index (χ0v) is 24.1. The van der Waals surface area contributed by atoms with Crippen molar-refractivity contribution in [3.63, 3.8) is 0 Å². The Morgan fingerprint density at radius 2 is 1.60 bits per heavy atom. The number of carbonyl (C=O) groups excluding carboxylic acids is 1. The zero-order chi connectivity index (χ0) is 25.8. The van der Waals surface area contributed by atoms with Gasteiger partial charge in [0.2, 0.25) is 0 Å². The van der Waals surface area contributed by atoms with Crippen LogP contribution in [0.2, 0.25) is 0 Å². The fraction of sp³-hybridized carbons (Fsp3) is 0.906. The van der Waals surface area contributed by atoms with Gasteiger partial charge in [0.25, 0.3) is 0 Å². The maximum absolute atomic E-state index is 12.0. The second-order valence-electron chi connectivity index (χ2n) is 15.5. The molecule has 0 radical (unpaired) electrons. The molecule has 1 N–H and O–H groups in total. The number of rotatable bonds is 1. The van der Waals surface area contributed by atoms with E-state index in [4.69, 9.17) is 4.74 Å². The van der Waals surface area contributed by atoms with Crippen LogP contribution in [0, 0.1) is 50.7 Å². The number of fused-ring (bicyclic) bond motifs is 7. The third-order valence-electron chi connectivity index (χ3n) is 13.7. The van der Waals surface area contributed by atoms with Crippen molar-refractivity contribution in [2.24, 2.45) is 50.7 Å². The summed E-state index contributed by atoms with van der Waals surface area (Å²) in [5.74, 6) is 1.69. The predicted octanol–water partition coefficient (Wildman–Crippen LogP) is 7.71. The van der Waals surface area contributed by atoms with Crippen LogP contribution >= 0.6 is 0 Å². The van der Waals surface area contributed by atoms with Crippen LogP contribution in [0.25, 0.3) is 0 Å². The largest absolute Gasteiger partial charge is 0.462 e. The summed E-state index contributed by atoms with van der Waals surface area (Å²) in [5.41, 5.74) is 1.83. The van der Waals surface area contributed by atoms with Crippen molar-refractivity contribution >= 4 is 5.97 Å². The van der Waals surface area contributed by atoms with Crippen molar-refractivity contribution in [1.29, 1.82) is 0 Å². The molecular formula is C32H52O3. The quantitative estimate of drug-likeness (QED) is 0.306. The van der Waals surface area contributed by atoms with E-state index in [2.05, 4.69) is 61.5 Å². The van der Waals surface area contributed by atoms with Crippen LogP contribution in [0.4, 0.5) is 0 Å². The first-order chi connectivity index (χ1) is 16.0. The topological polar surface area (TPSA) is 46.5 Å². The van der Waals surface area contributed by atoms with Crippen LogP contribution in [-0.4, -0.2) is 22.8 Å². The second kappa shape index (κ2) is 7.61. The summed E-state index contributed by atoms with van der Waals surface area (Å²) in [7, 11) is 0. The third-order valence-corrected chi connectivity index (χ3v) is 13.7. The van der Waals surface area contributed by atoms with Gasteiger partial charge in [0, 0.05) is 18.3 Å². The van der Waals surface area contributed by atoms with Crippen molar-refractivity contribution < 1.29 is 14.6 Å². The highest BCUT2D eigenvalue weighted by Gasteiger charge is 2.69. The number of esters is 1. The van der Waals surface area contributed by atoms with Crippen LogP contribution in [-0.2, 0) is 9.53 Å². The highest BCUT2D eigenvalue weighted by molar-refractivity contribution is 5.66. The first-order valence-electron chi connectivity index (χ1n) is 14.6. The molecule has 10 atom stereocenters. The lowest BCUT2D eigenvalue weighted by Gasteiger charge is -2.72. The molecule has 5 aliphatic carbocycles. The lowest BCUT2D eigenvalue weighted by Crippen LogP contribution is -2.66. The molecule has 198 valence electrons. The number of hydrogen-bond acceptors (Lipinski definition) is 3. The molecule has 0 spiro atoms. The average molecular weight is 485 g/mol. The number of aliphatic hydroxyl groups is 1. The average Bonchev–Trinajstić information content (AvgIpc) is 2.74. The minimum absolute atomic E-state index is 0.00148. The van der Waals surface area contributed by atoms with Gasteiger partial charge >= 0.3 is 5.97 Å². The van der Waals surface area contributed by atoms with E-state index in [0.29, 0.717) is 17.8 Å². The van der Waals surface area contributed by atoms with E-state index in [1.54, 1.807) is 12.5 Å². The van der Waals surface area contributed by atoms with Crippen LogP contribution in [0.1, 0.15) is 120 Å². The summed E-state index contributed by atoms with van der Waals surface area (Å²) in [6.07, 6.45) is 13.3. The molecule has 3 nitrogen and oxygen atoms in total. The molecule has 5 aliphatic rings. The number of carbonyl (C=O) groups is 1. The Morgan fingerprint density at radius 3 is 2.26 bits per heavy atom. The van der Waals surface area contributed by atoms with E-state index in [-0.39, 0.29) is 45.1 Å². The normalized spacial score (nSPS) is 54.9. The van der Waals surface area contributed by atoms with Gasteiger partial charge in [0.15, 0.2) is 0 Å². The molecule has 0 aromatic carbocycles. The molecule has 0 aliphatic heterocycles. The molecule has 0 saturated heterocycles. The molecule has 0 aromatic rings. The minimum atomic E-state index is -0.630. The Morgan fingerprint density at radius 1 is 0.914 bits per heavy atom. The summed E-state index contributed by atoms with van der Waals surface area (Å²) in [6, 6.07) is 0. The fourth-order valence-electron chi connectivity index (χ4n) is 11.3. The number of allylic oxidation sites excluding steroid dienone is 1. The maximum Gasteiger partial charge on any atom is 0.302 e. The van der Waals surface area contributed by atoms with Gasteiger partial charge in [0.05, 0.1) is 5.60 Å². The first kappa shape index (κ1) is 25.8. The standard InChI is InChI=1S/C32H52O3/c1-20-12-15-28(5)18-19-30(7)22(26(28)32(20,9)34)10-11-24-29(6)16-14-25(35-21(2)33)27(3,4)23(29)13-17-31(24,30)8/h10,20,23-26,34H,11-19H2,1-9H3. The Balaban J connectivity index is 1.56. The molecule has 5 rings (SSSR count).